The highest BCUT2D eigenvalue weighted by Gasteiger charge is 2.33. The van der Waals surface area contributed by atoms with Gasteiger partial charge in [-0.15, -0.1) is 0 Å². The summed E-state index contributed by atoms with van der Waals surface area (Å²) in [6, 6.07) is 0. The summed E-state index contributed by atoms with van der Waals surface area (Å²) in [5.41, 5.74) is 6.40. The summed E-state index contributed by atoms with van der Waals surface area (Å²) < 4.78 is 6.72. The minimum absolute atomic E-state index is 0.231. The molecule has 1 amide bonds. The number of aliphatic hydroxyl groups is 1. The Morgan fingerprint density at radius 3 is 2.65 bits per heavy atom. The molecule has 0 aromatic carbocycles. The van der Waals surface area contributed by atoms with Crippen LogP contribution in [-0.4, -0.2) is 58.1 Å². The SMILES string of the molecule is Cc1nn(C)c(C(=O)N(C)CC2(O)CCOCC2)c1N. The molecule has 7 nitrogen and oxygen atoms in total. The smallest absolute Gasteiger partial charge is 0.274 e. The molecular weight excluding hydrogens is 260 g/mol. The average molecular weight is 282 g/mol. The van der Waals surface area contributed by atoms with Gasteiger partial charge in [0.1, 0.15) is 5.69 Å². The van der Waals surface area contributed by atoms with Crippen molar-refractivity contribution < 1.29 is 14.6 Å². The van der Waals surface area contributed by atoms with Gasteiger partial charge in [0.25, 0.3) is 5.91 Å². The normalized spacial score (nSPS) is 18.0. The van der Waals surface area contributed by atoms with Gasteiger partial charge in [-0.1, -0.05) is 0 Å². The van der Waals surface area contributed by atoms with E-state index in [4.69, 9.17) is 10.5 Å². The number of hydrogen-bond acceptors (Lipinski definition) is 5. The van der Waals surface area contributed by atoms with Crippen molar-refractivity contribution in [2.45, 2.75) is 25.4 Å². The topological polar surface area (TPSA) is 93.6 Å². The minimum Gasteiger partial charge on any atom is -0.395 e. The van der Waals surface area contributed by atoms with Crippen molar-refractivity contribution in [3.8, 4) is 0 Å². The molecule has 1 aromatic rings. The van der Waals surface area contributed by atoms with Crippen LogP contribution in [0.15, 0.2) is 0 Å². The van der Waals surface area contributed by atoms with Crippen molar-refractivity contribution >= 4 is 11.6 Å². The number of hydrogen-bond donors (Lipinski definition) is 2. The van der Waals surface area contributed by atoms with Crippen LogP contribution in [0.4, 0.5) is 5.69 Å². The summed E-state index contributed by atoms with van der Waals surface area (Å²) in [6.45, 7) is 3.06. The number of anilines is 1. The lowest BCUT2D eigenvalue weighted by atomic mass is 9.94. The number of aromatic nitrogens is 2. The fourth-order valence-electron chi connectivity index (χ4n) is 2.53. The van der Waals surface area contributed by atoms with E-state index in [1.54, 1.807) is 21.0 Å². The van der Waals surface area contributed by atoms with Gasteiger partial charge in [0, 0.05) is 46.7 Å². The highest BCUT2D eigenvalue weighted by atomic mass is 16.5. The number of nitrogens with two attached hydrogens (primary N) is 1. The standard InChI is InChI=1S/C13H22N4O3/c1-9-10(14)11(17(3)15-9)12(18)16(2)8-13(19)4-6-20-7-5-13/h19H,4-8,14H2,1-3H3. The van der Waals surface area contributed by atoms with Gasteiger partial charge in [0.15, 0.2) is 0 Å². The summed E-state index contributed by atoms with van der Waals surface area (Å²) in [4.78, 5) is 14.0. The van der Waals surface area contributed by atoms with E-state index in [-0.39, 0.29) is 12.5 Å². The lowest BCUT2D eigenvalue weighted by Gasteiger charge is -2.35. The van der Waals surface area contributed by atoms with Crippen LogP contribution in [0.1, 0.15) is 29.0 Å². The summed E-state index contributed by atoms with van der Waals surface area (Å²) >= 11 is 0. The van der Waals surface area contributed by atoms with E-state index in [9.17, 15) is 9.90 Å². The zero-order valence-corrected chi connectivity index (χ0v) is 12.2. The van der Waals surface area contributed by atoms with Crippen LogP contribution >= 0.6 is 0 Å². The average Bonchev–Trinajstić information content (AvgIpc) is 2.63. The second-order valence-corrected chi connectivity index (χ2v) is 5.47. The molecule has 0 unspecified atom stereocenters. The predicted molar refractivity (Wildman–Crippen MR) is 74.3 cm³/mol. The fourth-order valence-corrected chi connectivity index (χ4v) is 2.53. The lowest BCUT2D eigenvalue weighted by molar-refractivity contribution is -0.0735. The first-order chi connectivity index (χ1) is 9.34. The van der Waals surface area contributed by atoms with Crippen molar-refractivity contribution in [1.29, 1.82) is 0 Å². The van der Waals surface area contributed by atoms with Gasteiger partial charge >= 0.3 is 0 Å². The first kappa shape index (κ1) is 14.8. The summed E-state index contributed by atoms with van der Waals surface area (Å²) in [7, 11) is 3.35. The molecule has 1 saturated heterocycles. The highest BCUT2D eigenvalue weighted by Crippen LogP contribution is 2.23. The lowest BCUT2D eigenvalue weighted by Crippen LogP contribution is -2.47. The van der Waals surface area contributed by atoms with Gasteiger partial charge in [-0.3, -0.25) is 9.48 Å². The molecule has 0 saturated carbocycles. The molecule has 1 aliphatic heterocycles. The minimum atomic E-state index is -0.884. The molecule has 7 heteroatoms. The molecule has 0 radical (unpaired) electrons. The van der Waals surface area contributed by atoms with Gasteiger partial charge in [-0.25, -0.2) is 0 Å². The van der Waals surface area contributed by atoms with Gasteiger partial charge in [0.2, 0.25) is 0 Å². The van der Waals surface area contributed by atoms with Crippen LogP contribution < -0.4 is 5.73 Å². The monoisotopic (exact) mass is 282 g/mol. The molecule has 1 fully saturated rings. The molecule has 1 aliphatic rings. The molecule has 2 rings (SSSR count). The molecule has 112 valence electrons. The van der Waals surface area contributed by atoms with Gasteiger partial charge in [-0.2, -0.15) is 5.10 Å². The third-order valence-electron chi connectivity index (χ3n) is 3.77. The van der Waals surface area contributed by atoms with Crippen LogP contribution in [0.3, 0.4) is 0 Å². The third kappa shape index (κ3) is 2.78. The quantitative estimate of drug-likeness (QED) is 0.809. The number of aryl methyl sites for hydroxylation is 2. The molecule has 0 aliphatic carbocycles. The summed E-state index contributed by atoms with van der Waals surface area (Å²) in [5, 5.41) is 14.6. The number of nitrogen functional groups attached to an aromatic ring is 1. The fraction of sp³-hybridized carbons (Fsp3) is 0.692. The zero-order chi connectivity index (χ0) is 14.9. The number of carbonyl (C=O) groups is 1. The van der Waals surface area contributed by atoms with E-state index >= 15 is 0 Å². The number of carbonyl (C=O) groups excluding carboxylic acids is 1. The Hall–Kier alpha value is -1.60. The maximum Gasteiger partial charge on any atom is 0.274 e. The molecule has 0 spiro atoms. The highest BCUT2D eigenvalue weighted by molar-refractivity contribution is 5.97. The van der Waals surface area contributed by atoms with Crippen molar-refractivity contribution in [2.24, 2.45) is 7.05 Å². The van der Waals surface area contributed by atoms with E-state index in [0.29, 0.717) is 43.1 Å². The van der Waals surface area contributed by atoms with E-state index in [2.05, 4.69) is 5.10 Å². The number of amides is 1. The number of rotatable bonds is 3. The molecular formula is C13H22N4O3. The first-order valence-electron chi connectivity index (χ1n) is 6.69. The molecule has 3 N–H and O–H groups in total. The summed E-state index contributed by atoms with van der Waals surface area (Å²) in [6.07, 6.45) is 1.06. The molecule has 2 heterocycles. The van der Waals surface area contributed by atoms with Gasteiger partial charge < -0.3 is 20.5 Å². The van der Waals surface area contributed by atoms with Crippen molar-refractivity contribution in [3.05, 3.63) is 11.4 Å². The number of likely N-dealkylation sites (N-methyl/N-ethyl adjacent to an activating group) is 1. The second kappa shape index (κ2) is 5.41. The second-order valence-electron chi connectivity index (χ2n) is 5.47. The first-order valence-corrected chi connectivity index (χ1v) is 6.69. The third-order valence-corrected chi connectivity index (χ3v) is 3.77. The van der Waals surface area contributed by atoms with E-state index < -0.39 is 5.60 Å². The van der Waals surface area contributed by atoms with Crippen molar-refractivity contribution in [1.82, 2.24) is 14.7 Å². The Bertz CT molecular complexity index is 506. The van der Waals surface area contributed by atoms with Crippen LogP contribution in [0, 0.1) is 6.92 Å². The van der Waals surface area contributed by atoms with E-state index in [1.165, 1.54) is 9.58 Å². The Morgan fingerprint density at radius 1 is 1.55 bits per heavy atom. The molecule has 0 atom stereocenters. The van der Waals surface area contributed by atoms with E-state index in [1.807, 2.05) is 0 Å². The Kier molecular flexibility index (Phi) is 4.01. The maximum absolute atomic E-state index is 12.5. The maximum atomic E-state index is 12.5. The Morgan fingerprint density at radius 2 is 2.15 bits per heavy atom. The summed E-state index contributed by atoms with van der Waals surface area (Å²) in [5.74, 6) is -0.231. The molecule has 1 aromatic heterocycles. The van der Waals surface area contributed by atoms with Gasteiger partial charge in [0.05, 0.1) is 17.0 Å². The van der Waals surface area contributed by atoms with E-state index in [0.717, 1.165) is 0 Å². The molecule has 20 heavy (non-hydrogen) atoms. The van der Waals surface area contributed by atoms with Crippen molar-refractivity contribution in [3.63, 3.8) is 0 Å². The van der Waals surface area contributed by atoms with Crippen molar-refractivity contribution in [2.75, 3.05) is 32.5 Å². The van der Waals surface area contributed by atoms with Crippen LogP contribution in [0.2, 0.25) is 0 Å². The molecule has 0 bridgehead atoms. The van der Waals surface area contributed by atoms with Crippen LogP contribution in [0.5, 0.6) is 0 Å². The van der Waals surface area contributed by atoms with Crippen LogP contribution in [0.25, 0.3) is 0 Å². The largest absolute Gasteiger partial charge is 0.395 e. The number of ether oxygens (including phenoxy) is 1. The Balaban J connectivity index is 2.12. The zero-order valence-electron chi connectivity index (χ0n) is 12.2. The Labute approximate surface area is 118 Å². The predicted octanol–water partition coefficient (Wildman–Crippen LogP) is -0.0758. The van der Waals surface area contributed by atoms with Gasteiger partial charge in [-0.05, 0) is 6.92 Å². The number of nitrogens with zero attached hydrogens (tertiary/aromatic N) is 3. The van der Waals surface area contributed by atoms with Crippen LogP contribution in [-0.2, 0) is 11.8 Å².